The van der Waals surface area contributed by atoms with Gasteiger partial charge in [0.25, 0.3) is 0 Å². The van der Waals surface area contributed by atoms with E-state index >= 15 is 0 Å². The molecule has 0 saturated heterocycles. The summed E-state index contributed by atoms with van der Waals surface area (Å²) in [5.74, 6) is 0.229. The van der Waals surface area contributed by atoms with E-state index in [1.807, 2.05) is 19.1 Å². The van der Waals surface area contributed by atoms with Crippen molar-refractivity contribution in [3.05, 3.63) is 58.4 Å². The minimum atomic E-state index is -0.381. The van der Waals surface area contributed by atoms with Crippen molar-refractivity contribution in [2.75, 3.05) is 17.6 Å². The number of rotatable bonds is 5. The highest BCUT2D eigenvalue weighted by atomic mass is 35.5. The zero-order chi connectivity index (χ0) is 20.1. The number of carbonyl (C=O) groups excluding carboxylic acids is 2. The molecule has 0 spiro atoms. The monoisotopic (exact) mass is 421 g/mol. The van der Waals surface area contributed by atoms with Crippen molar-refractivity contribution in [3.63, 3.8) is 0 Å². The minimum Gasteiger partial charge on any atom is -0.338 e. The molecular weight excluding hydrogens is 401 g/mol. The summed E-state index contributed by atoms with van der Waals surface area (Å²) >= 11 is 7.56. The van der Waals surface area contributed by atoms with Crippen LogP contribution in [-0.4, -0.2) is 24.2 Å². The molecule has 0 aliphatic carbocycles. The summed E-state index contributed by atoms with van der Waals surface area (Å²) < 4.78 is 13.9. The smallest absolute Gasteiger partial charge is 0.315 e. The SMILES string of the molecule is Cc1ccc(NC(=O)CCNC(=O)NC2CCSc3c(F)cccc32)c(Cl)c1. The van der Waals surface area contributed by atoms with E-state index < -0.39 is 0 Å². The summed E-state index contributed by atoms with van der Waals surface area (Å²) in [6, 6.07) is 9.64. The van der Waals surface area contributed by atoms with E-state index in [4.69, 9.17) is 11.6 Å². The van der Waals surface area contributed by atoms with Crippen molar-refractivity contribution < 1.29 is 14.0 Å². The second kappa shape index (κ2) is 9.30. The highest BCUT2D eigenvalue weighted by Gasteiger charge is 2.24. The Morgan fingerprint density at radius 3 is 2.89 bits per heavy atom. The molecule has 1 unspecified atom stereocenters. The van der Waals surface area contributed by atoms with Gasteiger partial charge in [0.1, 0.15) is 5.82 Å². The Morgan fingerprint density at radius 2 is 2.11 bits per heavy atom. The standard InChI is InChI=1S/C20H21ClFN3O2S/c1-12-5-6-17(14(21)11-12)24-18(26)7-9-23-20(27)25-16-8-10-28-19-13(16)3-2-4-15(19)22/h2-6,11,16H,7-10H2,1H3,(H,24,26)(H2,23,25,27). The normalized spacial score (nSPS) is 15.5. The maximum absolute atomic E-state index is 13.9. The lowest BCUT2D eigenvalue weighted by Crippen LogP contribution is -2.40. The van der Waals surface area contributed by atoms with Gasteiger partial charge in [-0.25, -0.2) is 9.18 Å². The van der Waals surface area contributed by atoms with Crippen LogP contribution in [0.1, 0.15) is 30.0 Å². The van der Waals surface area contributed by atoms with E-state index in [0.717, 1.165) is 23.3 Å². The van der Waals surface area contributed by atoms with E-state index in [-0.39, 0.29) is 36.8 Å². The molecule has 3 rings (SSSR count). The third-order valence-electron chi connectivity index (χ3n) is 4.37. The van der Waals surface area contributed by atoms with Crippen molar-refractivity contribution in [1.82, 2.24) is 10.6 Å². The molecule has 5 nitrogen and oxygen atoms in total. The molecule has 0 aromatic heterocycles. The average Bonchev–Trinajstić information content (AvgIpc) is 2.65. The van der Waals surface area contributed by atoms with Crippen LogP contribution in [0.15, 0.2) is 41.3 Å². The summed E-state index contributed by atoms with van der Waals surface area (Å²) in [6.45, 7) is 2.09. The van der Waals surface area contributed by atoms with Crippen molar-refractivity contribution in [1.29, 1.82) is 0 Å². The van der Waals surface area contributed by atoms with Crippen LogP contribution in [0, 0.1) is 12.7 Å². The fraction of sp³-hybridized carbons (Fsp3) is 0.300. The lowest BCUT2D eigenvalue weighted by atomic mass is 10.0. The van der Waals surface area contributed by atoms with Crippen LogP contribution in [-0.2, 0) is 4.79 Å². The predicted octanol–water partition coefficient (Wildman–Crippen LogP) is 4.65. The van der Waals surface area contributed by atoms with Gasteiger partial charge >= 0.3 is 6.03 Å². The van der Waals surface area contributed by atoms with E-state index in [0.29, 0.717) is 15.6 Å². The van der Waals surface area contributed by atoms with Gasteiger partial charge in [0.15, 0.2) is 0 Å². The molecule has 1 aliphatic rings. The molecular formula is C20H21ClFN3O2S. The summed E-state index contributed by atoms with van der Waals surface area (Å²) in [7, 11) is 0. The fourth-order valence-corrected chi connectivity index (χ4v) is 4.39. The zero-order valence-electron chi connectivity index (χ0n) is 15.4. The number of carbonyl (C=O) groups is 2. The van der Waals surface area contributed by atoms with Gasteiger partial charge in [-0.1, -0.05) is 29.8 Å². The number of hydrogen-bond acceptors (Lipinski definition) is 3. The first-order valence-electron chi connectivity index (χ1n) is 8.95. The summed E-state index contributed by atoms with van der Waals surface area (Å²) in [5, 5.41) is 8.73. The maximum Gasteiger partial charge on any atom is 0.315 e. The molecule has 0 radical (unpaired) electrons. The first-order chi connectivity index (χ1) is 13.4. The number of nitrogens with one attached hydrogen (secondary N) is 3. The van der Waals surface area contributed by atoms with Gasteiger partial charge in [-0.2, -0.15) is 0 Å². The Kier molecular flexibility index (Phi) is 6.80. The van der Waals surface area contributed by atoms with Crippen molar-refractivity contribution in [3.8, 4) is 0 Å². The molecule has 0 bridgehead atoms. The van der Waals surface area contributed by atoms with Crippen LogP contribution in [0.2, 0.25) is 5.02 Å². The average molecular weight is 422 g/mol. The Morgan fingerprint density at radius 1 is 1.29 bits per heavy atom. The number of fused-ring (bicyclic) bond motifs is 1. The highest BCUT2D eigenvalue weighted by molar-refractivity contribution is 7.99. The second-order valence-electron chi connectivity index (χ2n) is 6.53. The van der Waals surface area contributed by atoms with Gasteiger partial charge in [0.2, 0.25) is 5.91 Å². The second-order valence-corrected chi connectivity index (χ2v) is 8.04. The van der Waals surface area contributed by atoms with Crippen LogP contribution >= 0.6 is 23.4 Å². The van der Waals surface area contributed by atoms with E-state index in [1.54, 1.807) is 18.2 Å². The van der Waals surface area contributed by atoms with Crippen LogP contribution in [0.25, 0.3) is 0 Å². The molecule has 1 aliphatic heterocycles. The van der Waals surface area contributed by atoms with Crippen molar-refractivity contribution in [2.45, 2.75) is 30.7 Å². The van der Waals surface area contributed by atoms with E-state index in [2.05, 4.69) is 16.0 Å². The van der Waals surface area contributed by atoms with Crippen LogP contribution in [0.3, 0.4) is 0 Å². The number of aryl methyl sites for hydroxylation is 1. The van der Waals surface area contributed by atoms with Crippen LogP contribution in [0.5, 0.6) is 0 Å². The first-order valence-corrected chi connectivity index (χ1v) is 10.3. The van der Waals surface area contributed by atoms with E-state index in [9.17, 15) is 14.0 Å². The molecule has 1 heterocycles. The van der Waals surface area contributed by atoms with Gasteiger partial charge in [-0.15, -0.1) is 11.8 Å². The van der Waals surface area contributed by atoms with Gasteiger partial charge in [-0.05, 0) is 42.7 Å². The van der Waals surface area contributed by atoms with Gasteiger partial charge in [0.05, 0.1) is 16.8 Å². The molecule has 148 valence electrons. The lowest BCUT2D eigenvalue weighted by molar-refractivity contribution is -0.116. The fourth-order valence-electron chi connectivity index (χ4n) is 2.97. The summed E-state index contributed by atoms with van der Waals surface area (Å²) in [6.07, 6.45) is 0.838. The van der Waals surface area contributed by atoms with Gasteiger partial charge < -0.3 is 16.0 Å². The zero-order valence-corrected chi connectivity index (χ0v) is 16.9. The van der Waals surface area contributed by atoms with Crippen molar-refractivity contribution >= 4 is 41.0 Å². The summed E-state index contributed by atoms with van der Waals surface area (Å²) in [4.78, 5) is 24.8. The molecule has 0 fully saturated rings. The van der Waals surface area contributed by atoms with Crippen LogP contribution in [0.4, 0.5) is 14.9 Å². The molecule has 3 amide bonds. The Hall–Kier alpha value is -2.25. The Balaban J connectivity index is 1.46. The topological polar surface area (TPSA) is 70.2 Å². The quantitative estimate of drug-likeness (QED) is 0.658. The largest absolute Gasteiger partial charge is 0.338 e. The highest BCUT2D eigenvalue weighted by Crippen LogP contribution is 2.37. The van der Waals surface area contributed by atoms with Gasteiger partial charge in [0, 0.05) is 23.6 Å². The first kappa shape index (κ1) is 20.5. The number of hydrogen-bond donors (Lipinski definition) is 3. The number of anilines is 1. The summed E-state index contributed by atoms with van der Waals surface area (Å²) in [5.41, 5.74) is 2.34. The molecule has 8 heteroatoms. The lowest BCUT2D eigenvalue weighted by Gasteiger charge is -2.26. The number of halogens is 2. The number of benzene rings is 2. The molecule has 3 N–H and O–H groups in total. The van der Waals surface area contributed by atoms with Gasteiger partial charge in [-0.3, -0.25) is 4.79 Å². The predicted molar refractivity (Wildman–Crippen MR) is 110 cm³/mol. The Bertz CT molecular complexity index is 894. The van der Waals surface area contributed by atoms with Crippen molar-refractivity contribution in [2.24, 2.45) is 0 Å². The molecule has 0 saturated carbocycles. The van der Waals surface area contributed by atoms with E-state index in [1.165, 1.54) is 17.8 Å². The third kappa shape index (κ3) is 5.17. The third-order valence-corrected chi connectivity index (χ3v) is 5.84. The minimum absolute atomic E-state index is 0.114. The number of urea groups is 1. The number of thioether (sulfide) groups is 1. The molecule has 2 aromatic carbocycles. The Labute approximate surface area is 172 Å². The maximum atomic E-state index is 13.9. The van der Waals surface area contributed by atoms with Crippen LogP contribution < -0.4 is 16.0 Å². The molecule has 1 atom stereocenters. The molecule has 28 heavy (non-hydrogen) atoms. The number of amides is 3. The molecule has 2 aromatic rings.